The molecule has 8 heteroatoms. The third kappa shape index (κ3) is 7.26. The summed E-state index contributed by atoms with van der Waals surface area (Å²) >= 11 is 0. The van der Waals surface area contributed by atoms with E-state index in [0.717, 1.165) is 5.56 Å². The Morgan fingerprint density at radius 3 is 2.63 bits per heavy atom. The van der Waals surface area contributed by atoms with E-state index in [9.17, 15) is 9.59 Å². The molecule has 0 radical (unpaired) electrons. The molecule has 1 aliphatic heterocycles. The Bertz CT molecular complexity index is 1030. The summed E-state index contributed by atoms with van der Waals surface area (Å²) in [5.74, 6) is -0.955. The number of carbonyl (C=O) groups excluding carboxylic acids is 2. The fourth-order valence-electron chi connectivity index (χ4n) is 3.99. The molecule has 1 saturated heterocycles. The van der Waals surface area contributed by atoms with Crippen molar-refractivity contribution in [2.24, 2.45) is 0 Å². The van der Waals surface area contributed by atoms with Gasteiger partial charge in [0, 0.05) is 12.1 Å². The van der Waals surface area contributed by atoms with E-state index in [-0.39, 0.29) is 26.4 Å². The second kappa shape index (κ2) is 11.6. The van der Waals surface area contributed by atoms with Crippen molar-refractivity contribution in [3.63, 3.8) is 0 Å². The van der Waals surface area contributed by atoms with Crippen molar-refractivity contribution >= 4 is 12.1 Å². The number of hydrogen-bond acceptors (Lipinski definition) is 6. The number of rotatable bonds is 7. The third-order valence-electron chi connectivity index (χ3n) is 5.43. The molecule has 7 nitrogen and oxygen atoms in total. The van der Waals surface area contributed by atoms with Gasteiger partial charge in [0.25, 0.3) is 0 Å². The number of halogens is 1. The summed E-state index contributed by atoms with van der Waals surface area (Å²) in [7, 11) is 0. The number of benzene rings is 2. The summed E-state index contributed by atoms with van der Waals surface area (Å²) in [4.78, 5) is 26.4. The zero-order valence-corrected chi connectivity index (χ0v) is 21.0. The van der Waals surface area contributed by atoms with Crippen LogP contribution in [-0.2, 0) is 23.7 Å². The molecule has 0 aliphatic carbocycles. The third-order valence-corrected chi connectivity index (χ3v) is 5.43. The fourth-order valence-corrected chi connectivity index (χ4v) is 3.99. The Morgan fingerprint density at radius 2 is 1.94 bits per heavy atom. The van der Waals surface area contributed by atoms with Crippen molar-refractivity contribution in [1.29, 1.82) is 0 Å². The van der Waals surface area contributed by atoms with Gasteiger partial charge in [0.05, 0.1) is 19.8 Å². The average molecular weight is 488 g/mol. The van der Waals surface area contributed by atoms with Gasteiger partial charge >= 0.3 is 12.1 Å². The van der Waals surface area contributed by atoms with Crippen LogP contribution in [0.1, 0.15) is 44.9 Å². The zero-order valence-electron chi connectivity index (χ0n) is 21.0. The molecule has 2 atom stereocenters. The van der Waals surface area contributed by atoms with Crippen LogP contribution >= 0.6 is 0 Å². The lowest BCUT2D eigenvalue weighted by Crippen LogP contribution is -2.49. The van der Waals surface area contributed by atoms with Crippen LogP contribution in [0.4, 0.5) is 9.18 Å². The molecule has 0 bridgehead atoms. The number of amides is 1. The molecular formula is C27H34FNO6. The largest absolute Gasteiger partial charge is 0.464 e. The van der Waals surface area contributed by atoms with E-state index in [0.29, 0.717) is 23.2 Å². The van der Waals surface area contributed by atoms with E-state index >= 15 is 4.39 Å². The first kappa shape index (κ1) is 26.6. The molecule has 190 valence electrons. The van der Waals surface area contributed by atoms with E-state index in [4.69, 9.17) is 18.9 Å². The second-order valence-electron chi connectivity index (χ2n) is 9.45. The maximum absolute atomic E-state index is 15.2. The topological polar surface area (TPSA) is 74.3 Å². The standard InChI is InChI=1S/C27H34FNO6/c1-6-32-23(30)17-34-25(22-16-29(13-14-33-22)26(31)35-27(3,4)5)20-11-8-12-21(28)24(20)19-10-7-9-18(2)15-19/h7-12,15,22,25H,6,13-14,16-17H2,1-5H3/t22-,25+/m1/s1. The number of carbonyl (C=O) groups is 2. The van der Waals surface area contributed by atoms with Crippen LogP contribution in [0.3, 0.4) is 0 Å². The van der Waals surface area contributed by atoms with Gasteiger partial charge in [0.1, 0.15) is 30.2 Å². The molecule has 1 amide bonds. The molecule has 0 N–H and O–H groups in total. The number of aryl methyl sites for hydroxylation is 1. The Kier molecular flexibility index (Phi) is 8.86. The van der Waals surface area contributed by atoms with Crippen molar-refractivity contribution in [2.45, 2.75) is 52.4 Å². The summed E-state index contributed by atoms with van der Waals surface area (Å²) in [6, 6.07) is 12.2. The normalized spacial score (nSPS) is 17.1. The molecule has 0 unspecified atom stereocenters. The Labute approximate surface area is 206 Å². The van der Waals surface area contributed by atoms with Gasteiger partial charge in [-0.15, -0.1) is 0 Å². The molecule has 35 heavy (non-hydrogen) atoms. The number of nitrogens with zero attached hydrogens (tertiary/aromatic N) is 1. The van der Waals surface area contributed by atoms with Gasteiger partial charge in [-0.2, -0.15) is 0 Å². The first-order valence-electron chi connectivity index (χ1n) is 11.8. The molecule has 0 spiro atoms. The van der Waals surface area contributed by atoms with E-state index in [1.165, 1.54) is 6.07 Å². The van der Waals surface area contributed by atoms with E-state index in [1.807, 2.05) is 31.2 Å². The summed E-state index contributed by atoms with van der Waals surface area (Å²) < 4.78 is 37.8. The fraction of sp³-hybridized carbons (Fsp3) is 0.481. The highest BCUT2D eigenvalue weighted by molar-refractivity contribution is 5.72. The highest BCUT2D eigenvalue weighted by atomic mass is 19.1. The van der Waals surface area contributed by atoms with Gasteiger partial charge in [-0.3, -0.25) is 0 Å². The van der Waals surface area contributed by atoms with Crippen LogP contribution in [0.5, 0.6) is 0 Å². The maximum Gasteiger partial charge on any atom is 0.410 e. The predicted octanol–water partition coefficient (Wildman–Crippen LogP) is 5.06. The Hall–Kier alpha value is -2.97. The number of esters is 1. The lowest BCUT2D eigenvalue weighted by atomic mass is 9.92. The summed E-state index contributed by atoms with van der Waals surface area (Å²) in [6.07, 6.45) is -1.96. The van der Waals surface area contributed by atoms with Crippen molar-refractivity contribution in [2.75, 3.05) is 32.9 Å². The van der Waals surface area contributed by atoms with Gasteiger partial charge in [-0.05, 0) is 51.8 Å². The second-order valence-corrected chi connectivity index (χ2v) is 9.45. The predicted molar refractivity (Wildman–Crippen MR) is 129 cm³/mol. The molecule has 1 fully saturated rings. The first-order chi connectivity index (χ1) is 16.6. The van der Waals surface area contributed by atoms with E-state index in [2.05, 4.69) is 0 Å². The molecule has 2 aromatic carbocycles. The highest BCUT2D eigenvalue weighted by Crippen LogP contribution is 2.36. The van der Waals surface area contributed by atoms with Gasteiger partial charge in [0.2, 0.25) is 0 Å². The summed E-state index contributed by atoms with van der Waals surface area (Å²) in [5.41, 5.74) is 1.90. The maximum atomic E-state index is 15.2. The van der Waals surface area contributed by atoms with E-state index < -0.39 is 35.7 Å². The molecule has 1 heterocycles. The Morgan fingerprint density at radius 1 is 1.20 bits per heavy atom. The molecule has 3 rings (SSSR count). The molecule has 0 aromatic heterocycles. The summed E-state index contributed by atoms with van der Waals surface area (Å²) in [5, 5.41) is 0. The van der Waals surface area contributed by atoms with Crippen molar-refractivity contribution in [1.82, 2.24) is 4.90 Å². The van der Waals surface area contributed by atoms with Gasteiger partial charge < -0.3 is 23.8 Å². The van der Waals surface area contributed by atoms with Crippen LogP contribution in [0.15, 0.2) is 42.5 Å². The molecule has 0 saturated carbocycles. The monoisotopic (exact) mass is 487 g/mol. The van der Waals surface area contributed by atoms with Crippen molar-refractivity contribution in [3.8, 4) is 11.1 Å². The van der Waals surface area contributed by atoms with Crippen molar-refractivity contribution < 1.29 is 32.9 Å². The zero-order chi connectivity index (χ0) is 25.6. The molecule has 2 aromatic rings. The van der Waals surface area contributed by atoms with Crippen LogP contribution < -0.4 is 0 Å². The van der Waals surface area contributed by atoms with Crippen LogP contribution in [0.25, 0.3) is 11.1 Å². The van der Waals surface area contributed by atoms with Crippen molar-refractivity contribution in [3.05, 3.63) is 59.4 Å². The lowest BCUT2D eigenvalue weighted by Gasteiger charge is -2.38. The van der Waals surface area contributed by atoms with Crippen LogP contribution in [0.2, 0.25) is 0 Å². The first-order valence-corrected chi connectivity index (χ1v) is 11.8. The molecule has 1 aliphatic rings. The van der Waals surface area contributed by atoms with E-state index in [1.54, 1.807) is 44.7 Å². The smallest absolute Gasteiger partial charge is 0.410 e. The van der Waals surface area contributed by atoms with Crippen LogP contribution in [0, 0.1) is 12.7 Å². The SMILES string of the molecule is CCOC(=O)CO[C@@H](c1cccc(F)c1-c1cccc(C)c1)[C@H]1CN(C(=O)OC(C)(C)C)CCO1. The van der Waals surface area contributed by atoms with Gasteiger partial charge in [0.15, 0.2) is 0 Å². The number of morpholine rings is 1. The number of ether oxygens (including phenoxy) is 4. The minimum absolute atomic E-state index is 0.159. The lowest BCUT2D eigenvalue weighted by molar-refractivity contribution is -0.158. The minimum Gasteiger partial charge on any atom is -0.464 e. The van der Waals surface area contributed by atoms with Gasteiger partial charge in [-0.25, -0.2) is 14.0 Å². The Balaban J connectivity index is 1.97. The molecular weight excluding hydrogens is 453 g/mol. The minimum atomic E-state index is -0.837. The highest BCUT2D eigenvalue weighted by Gasteiger charge is 2.36. The average Bonchev–Trinajstić information content (AvgIpc) is 2.78. The summed E-state index contributed by atoms with van der Waals surface area (Å²) in [6.45, 7) is 9.68. The quantitative estimate of drug-likeness (QED) is 0.509. The van der Waals surface area contributed by atoms with Crippen LogP contribution in [-0.4, -0.2) is 61.6 Å². The van der Waals surface area contributed by atoms with Gasteiger partial charge in [-0.1, -0.05) is 42.0 Å². The number of hydrogen-bond donors (Lipinski definition) is 0.